The summed E-state index contributed by atoms with van der Waals surface area (Å²) in [6.45, 7) is 1.08. The Bertz CT molecular complexity index is 612. The van der Waals surface area contributed by atoms with Crippen molar-refractivity contribution in [3.63, 3.8) is 0 Å². The van der Waals surface area contributed by atoms with E-state index in [2.05, 4.69) is 33.6 Å². The average molecular weight is 436 g/mol. The van der Waals surface area contributed by atoms with E-state index in [1.54, 1.807) is 0 Å². The lowest BCUT2D eigenvalue weighted by Crippen LogP contribution is -2.59. The van der Waals surface area contributed by atoms with Crippen molar-refractivity contribution >= 4 is 42.3 Å². The summed E-state index contributed by atoms with van der Waals surface area (Å²) >= 11 is 3.83. The topological polar surface area (TPSA) is 235 Å². The molecule has 0 aromatic carbocycles. The predicted molar refractivity (Wildman–Crippen MR) is 108 cm³/mol. The third-order valence-corrected chi connectivity index (χ3v) is 4.01. The maximum absolute atomic E-state index is 12.6. The number of guanidine groups is 1. The van der Waals surface area contributed by atoms with Crippen LogP contribution < -0.4 is 33.2 Å². The van der Waals surface area contributed by atoms with Crippen molar-refractivity contribution in [2.75, 3.05) is 18.8 Å². The maximum atomic E-state index is 12.6. The summed E-state index contributed by atoms with van der Waals surface area (Å²) in [5, 5.41) is 25.7. The maximum Gasteiger partial charge on any atom is 0.327 e. The number of carboxylic acids is 1. The highest BCUT2D eigenvalue weighted by Gasteiger charge is 2.31. The Morgan fingerprint density at radius 2 is 1.69 bits per heavy atom. The number of aliphatic imine (C=N–C) groups is 1. The number of hydrogen-bond acceptors (Lipinski definition) is 8. The number of carboxylic acid groups (broad SMARTS) is 1. The first-order valence-electron chi connectivity index (χ1n) is 8.70. The second kappa shape index (κ2) is 13.6. The van der Waals surface area contributed by atoms with Crippen LogP contribution in [-0.2, 0) is 19.2 Å². The van der Waals surface area contributed by atoms with Gasteiger partial charge in [0, 0.05) is 12.3 Å². The number of rotatable bonds is 13. The molecule has 0 aliphatic carbocycles. The lowest BCUT2D eigenvalue weighted by Gasteiger charge is -2.25. The highest BCUT2D eigenvalue weighted by atomic mass is 32.1. The van der Waals surface area contributed by atoms with Gasteiger partial charge in [-0.3, -0.25) is 19.4 Å². The van der Waals surface area contributed by atoms with Crippen LogP contribution in [0.2, 0.25) is 0 Å². The summed E-state index contributed by atoms with van der Waals surface area (Å²) in [6.07, 6.45) is -0.898. The van der Waals surface area contributed by atoms with E-state index in [0.29, 0.717) is 6.42 Å². The van der Waals surface area contributed by atoms with Gasteiger partial charge in [0.15, 0.2) is 5.96 Å². The molecule has 29 heavy (non-hydrogen) atoms. The predicted octanol–water partition coefficient (Wildman–Crippen LogP) is -4.15. The van der Waals surface area contributed by atoms with Crippen LogP contribution in [0, 0.1) is 0 Å². The molecule has 0 saturated heterocycles. The van der Waals surface area contributed by atoms with E-state index in [1.807, 2.05) is 0 Å². The second-order valence-corrected chi connectivity index (χ2v) is 6.45. The van der Waals surface area contributed by atoms with Crippen molar-refractivity contribution in [3.05, 3.63) is 0 Å². The van der Waals surface area contributed by atoms with Crippen LogP contribution in [0.25, 0.3) is 0 Å². The van der Waals surface area contributed by atoms with Gasteiger partial charge in [-0.15, -0.1) is 0 Å². The van der Waals surface area contributed by atoms with Gasteiger partial charge in [-0.05, 0) is 19.8 Å². The average Bonchev–Trinajstić information content (AvgIpc) is 2.64. The van der Waals surface area contributed by atoms with Gasteiger partial charge >= 0.3 is 5.97 Å². The molecule has 11 N–H and O–H groups in total. The molecular weight excluding hydrogens is 406 g/mol. The van der Waals surface area contributed by atoms with E-state index in [0.717, 1.165) is 0 Å². The minimum atomic E-state index is -1.46. The monoisotopic (exact) mass is 435 g/mol. The fourth-order valence-corrected chi connectivity index (χ4v) is 2.38. The fourth-order valence-electron chi connectivity index (χ4n) is 2.13. The van der Waals surface area contributed by atoms with E-state index in [1.165, 1.54) is 6.92 Å². The molecule has 0 aliphatic rings. The lowest BCUT2D eigenvalue weighted by molar-refractivity contribution is -0.142. The Hall–Kier alpha value is -2.58. The number of nitrogens with two attached hydrogens (primary N) is 3. The summed E-state index contributed by atoms with van der Waals surface area (Å²) in [5.41, 5.74) is 15.7. The molecule has 0 bridgehead atoms. The van der Waals surface area contributed by atoms with Gasteiger partial charge in [0.1, 0.15) is 18.1 Å². The number of amides is 3. The van der Waals surface area contributed by atoms with Gasteiger partial charge < -0.3 is 43.4 Å². The molecule has 13 nitrogen and oxygen atoms in total. The van der Waals surface area contributed by atoms with E-state index in [4.69, 9.17) is 22.3 Å². The smallest absolute Gasteiger partial charge is 0.327 e. The zero-order chi connectivity index (χ0) is 22.6. The Balaban J connectivity index is 5.19. The SMILES string of the molecule is CC(O)C(NC(=O)C(CCCN=C(N)N)NC(=O)CN)C(=O)NC(CS)C(=O)O. The number of carbonyl (C=O) groups excluding carboxylic acids is 3. The van der Waals surface area contributed by atoms with Crippen molar-refractivity contribution < 1.29 is 29.4 Å². The van der Waals surface area contributed by atoms with Gasteiger partial charge in [0.25, 0.3) is 0 Å². The largest absolute Gasteiger partial charge is 0.480 e. The Morgan fingerprint density at radius 3 is 2.14 bits per heavy atom. The zero-order valence-electron chi connectivity index (χ0n) is 16.0. The quantitative estimate of drug-likeness (QED) is 0.0590. The number of thiol groups is 1. The van der Waals surface area contributed by atoms with E-state index in [-0.39, 0.29) is 31.2 Å². The number of aliphatic carboxylic acids is 1. The first-order chi connectivity index (χ1) is 13.5. The number of nitrogens with one attached hydrogen (secondary N) is 3. The van der Waals surface area contributed by atoms with Crippen LogP contribution in [0.3, 0.4) is 0 Å². The molecule has 166 valence electrons. The van der Waals surface area contributed by atoms with Crippen LogP contribution in [-0.4, -0.2) is 82.9 Å². The normalized spacial score (nSPS) is 14.6. The standard InChI is InChI=1S/C15H29N7O6S/c1-7(23)11(13(26)21-9(6-29)14(27)28)22-12(25)8(20-10(24)5-16)3-2-4-19-15(17)18/h7-9,11,23,29H,2-6,16H2,1H3,(H,20,24)(H,21,26)(H,22,25)(H,27,28)(H4,17,18,19). The van der Waals surface area contributed by atoms with Crippen molar-refractivity contribution in [2.24, 2.45) is 22.2 Å². The van der Waals surface area contributed by atoms with Crippen molar-refractivity contribution in [1.29, 1.82) is 0 Å². The molecule has 14 heteroatoms. The Morgan fingerprint density at radius 1 is 1.07 bits per heavy atom. The van der Waals surface area contributed by atoms with Crippen molar-refractivity contribution in [2.45, 2.75) is 44.0 Å². The summed E-state index contributed by atoms with van der Waals surface area (Å²) < 4.78 is 0. The summed E-state index contributed by atoms with van der Waals surface area (Å²) in [5.74, 6) is -3.93. The van der Waals surface area contributed by atoms with Gasteiger partial charge in [-0.25, -0.2) is 4.79 Å². The molecule has 0 rings (SSSR count). The molecule has 0 saturated carbocycles. The molecule has 0 aliphatic heterocycles. The zero-order valence-corrected chi connectivity index (χ0v) is 16.9. The van der Waals surface area contributed by atoms with Gasteiger partial charge in [0.2, 0.25) is 17.7 Å². The molecular formula is C15H29N7O6S. The number of nitrogens with zero attached hydrogens (tertiary/aromatic N) is 1. The lowest BCUT2D eigenvalue weighted by atomic mass is 10.1. The minimum absolute atomic E-state index is 0.122. The molecule has 3 amide bonds. The molecule has 0 radical (unpaired) electrons. The van der Waals surface area contributed by atoms with E-state index >= 15 is 0 Å². The van der Waals surface area contributed by atoms with Crippen LogP contribution in [0.4, 0.5) is 0 Å². The summed E-state index contributed by atoms with van der Waals surface area (Å²) in [7, 11) is 0. The van der Waals surface area contributed by atoms with Gasteiger partial charge in [-0.2, -0.15) is 12.6 Å². The van der Waals surface area contributed by atoms with Crippen LogP contribution in [0.1, 0.15) is 19.8 Å². The number of carbonyl (C=O) groups is 4. The first-order valence-corrected chi connectivity index (χ1v) is 9.34. The first kappa shape index (κ1) is 26.4. The van der Waals surface area contributed by atoms with Crippen molar-refractivity contribution in [1.82, 2.24) is 16.0 Å². The molecule has 0 heterocycles. The molecule has 0 fully saturated rings. The third kappa shape index (κ3) is 10.5. The third-order valence-electron chi connectivity index (χ3n) is 3.64. The Labute approximate surface area is 173 Å². The van der Waals surface area contributed by atoms with E-state index < -0.39 is 47.9 Å². The highest BCUT2D eigenvalue weighted by Crippen LogP contribution is 2.02. The fraction of sp³-hybridized carbons (Fsp3) is 0.667. The molecule has 4 unspecified atom stereocenters. The molecule has 4 atom stereocenters. The number of aliphatic hydroxyl groups excluding tert-OH is 1. The number of hydrogen-bond donors (Lipinski definition) is 9. The minimum Gasteiger partial charge on any atom is -0.480 e. The molecule has 0 spiro atoms. The van der Waals surface area contributed by atoms with Crippen LogP contribution >= 0.6 is 12.6 Å². The second-order valence-electron chi connectivity index (χ2n) is 6.08. The molecule has 0 aromatic heterocycles. The summed E-state index contributed by atoms with van der Waals surface area (Å²) in [4.78, 5) is 51.2. The Kier molecular flexibility index (Phi) is 12.4. The number of aliphatic hydroxyl groups is 1. The van der Waals surface area contributed by atoms with Crippen LogP contribution in [0.5, 0.6) is 0 Å². The van der Waals surface area contributed by atoms with E-state index in [9.17, 15) is 24.3 Å². The highest BCUT2D eigenvalue weighted by molar-refractivity contribution is 7.80. The van der Waals surface area contributed by atoms with Crippen LogP contribution in [0.15, 0.2) is 4.99 Å². The van der Waals surface area contributed by atoms with Gasteiger partial charge in [-0.1, -0.05) is 0 Å². The molecule has 0 aromatic rings. The van der Waals surface area contributed by atoms with Crippen molar-refractivity contribution in [3.8, 4) is 0 Å². The van der Waals surface area contributed by atoms with Gasteiger partial charge in [0.05, 0.1) is 12.6 Å². The summed E-state index contributed by atoms with van der Waals surface area (Å²) in [6, 6.07) is -3.84.